The highest BCUT2D eigenvalue weighted by Crippen LogP contribution is 2.25. The van der Waals surface area contributed by atoms with Crippen LogP contribution in [-0.4, -0.2) is 34.5 Å². The van der Waals surface area contributed by atoms with Crippen LogP contribution in [0.5, 0.6) is 0 Å². The third-order valence-electron chi connectivity index (χ3n) is 3.14. The van der Waals surface area contributed by atoms with Gasteiger partial charge in [-0.1, -0.05) is 0 Å². The molecule has 1 aromatic carbocycles. The quantitative estimate of drug-likeness (QED) is 0.814. The fraction of sp³-hybridized carbons (Fsp3) is 0.429. The minimum atomic E-state index is -0.327. The van der Waals surface area contributed by atoms with Crippen LogP contribution in [0.15, 0.2) is 18.2 Å². The number of rotatable bonds is 4. The van der Waals surface area contributed by atoms with Crippen LogP contribution in [0.25, 0.3) is 11.0 Å². The molecule has 1 amide bonds. The molecule has 0 aliphatic rings. The number of halogens is 2. The van der Waals surface area contributed by atoms with Crippen molar-refractivity contribution in [3.63, 3.8) is 0 Å². The van der Waals surface area contributed by atoms with Crippen molar-refractivity contribution in [1.29, 1.82) is 0 Å². The van der Waals surface area contributed by atoms with Crippen molar-refractivity contribution in [3.8, 4) is 0 Å². The second-order valence-electron chi connectivity index (χ2n) is 4.91. The van der Waals surface area contributed by atoms with Gasteiger partial charge in [0.05, 0.1) is 16.4 Å². The van der Waals surface area contributed by atoms with E-state index in [-0.39, 0.29) is 17.1 Å². The first-order chi connectivity index (χ1) is 9.40. The number of amides is 1. The van der Waals surface area contributed by atoms with Crippen molar-refractivity contribution in [2.24, 2.45) is 0 Å². The predicted molar refractivity (Wildman–Crippen MR) is 77.3 cm³/mol. The standard InChI is InChI=1S/C14H17ClFN3O/c1-9(15)14-17-11-5-4-10(16)8-12(11)19(14)7-6-13(20)18(2)3/h4-5,8-9H,6-7H2,1-3H3. The first-order valence-corrected chi connectivity index (χ1v) is 6.83. The molecule has 0 saturated carbocycles. The smallest absolute Gasteiger partial charge is 0.223 e. The zero-order chi connectivity index (χ0) is 14.9. The van der Waals surface area contributed by atoms with Crippen molar-refractivity contribution in [3.05, 3.63) is 29.8 Å². The minimum Gasteiger partial charge on any atom is -0.349 e. The molecule has 1 heterocycles. The average molecular weight is 298 g/mol. The van der Waals surface area contributed by atoms with Crippen LogP contribution in [0.1, 0.15) is 24.5 Å². The van der Waals surface area contributed by atoms with Gasteiger partial charge in [-0.25, -0.2) is 9.37 Å². The number of aromatic nitrogens is 2. The van der Waals surface area contributed by atoms with Gasteiger partial charge in [0.25, 0.3) is 0 Å². The molecule has 0 N–H and O–H groups in total. The maximum Gasteiger partial charge on any atom is 0.223 e. The van der Waals surface area contributed by atoms with E-state index in [1.807, 2.05) is 11.5 Å². The molecule has 1 aromatic heterocycles. The van der Waals surface area contributed by atoms with E-state index >= 15 is 0 Å². The maximum absolute atomic E-state index is 13.4. The van der Waals surface area contributed by atoms with E-state index < -0.39 is 0 Å². The van der Waals surface area contributed by atoms with Crippen molar-refractivity contribution < 1.29 is 9.18 Å². The summed E-state index contributed by atoms with van der Waals surface area (Å²) in [6, 6.07) is 4.41. The molecule has 2 rings (SSSR count). The number of benzene rings is 1. The van der Waals surface area contributed by atoms with Crippen LogP contribution in [-0.2, 0) is 11.3 Å². The second kappa shape index (κ2) is 5.79. The van der Waals surface area contributed by atoms with Gasteiger partial charge in [-0.15, -0.1) is 11.6 Å². The highest BCUT2D eigenvalue weighted by Gasteiger charge is 2.16. The van der Waals surface area contributed by atoms with Crippen LogP contribution >= 0.6 is 11.6 Å². The van der Waals surface area contributed by atoms with E-state index in [2.05, 4.69) is 4.98 Å². The second-order valence-corrected chi connectivity index (χ2v) is 5.56. The van der Waals surface area contributed by atoms with Gasteiger partial charge in [0.15, 0.2) is 0 Å². The first-order valence-electron chi connectivity index (χ1n) is 6.40. The number of imidazole rings is 1. The van der Waals surface area contributed by atoms with Gasteiger partial charge in [-0.2, -0.15) is 0 Å². The van der Waals surface area contributed by atoms with Crippen molar-refractivity contribution in [2.45, 2.75) is 25.3 Å². The Kier molecular flexibility index (Phi) is 4.28. The van der Waals surface area contributed by atoms with Gasteiger partial charge >= 0.3 is 0 Å². The van der Waals surface area contributed by atoms with Crippen molar-refractivity contribution in [2.75, 3.05) is 14.1 Å². The number of fused-ring (bicyclic) bond motifs is 1. The molecule has 108 valence electrons. The molecule has 0 spiro atoms. The Morgan fingerprint density at radius 1 is 1.50 bits per heavy atom. The van der Waals surface area contributed by atoms with Gasteiger partial charge < -0.3 is 9.47 Å². The number of nitrogens with zero attached hydrogens (tertiary/aromatic N) is 3. The molecule has 4 nitrogen and oxygen atoms in total. The van der Waals surface area contributed by atoms with E-state index in [0.717, 1.165) is 0 Å². The van der Waals surface area contributed by atoms with E-state index in [0.29, 0.717) is 29.8 Å². The predicted octanol–water partition coefficient (Wildman–Crippen LogP) is 2.95. The van der Waals surface area contributed by atoms with Crippen LogP contribution < -0.4 is 0 Å². The molecule has 0 saturated heterocycles. The van der Waals surface area contributed by atoms with Crippen LogP contribution in [0.3, 0.4) is 0 Å². The summed E-state index contributed by atoms with van der Waals surface area (Å²) in [6.45, 7) is 2.24. The summed E-state index contributed by atoms with van der Waals surface area (Å²) in [7, 11) is 3.41. The van der Waals surface area contributed by atoms with Crippen molar-refractivity contribution >= 4 is 28.5 Å². The molecular weight excluding hydrogens is 281 g/mol. The highest BCUT2D eigenvalue weighted by atomic mass is 35.5. The number of hydrogen-bond donors (Lipinski definition) is 0. The molecular formula is C14H17ClFN3O. The van der Waals surface area contributed by atoms with Crippen molar-refractivity contribution in [1.82, 2.24) is 14.5 Å². The van der Waals surface area contributed by atoms with Gasteiger partial charge in [-0.3, -0.25) is 4.79 Å². The van der Waals surface area contributed by atoms with Crippen LogP contribution in [0.2, 0.25) is 0 Å². The molecule has 1 unspecified atom stereocenters. The number of carbonyl (C=O) groups excluding carboxylic acids is 1. The Balaban J connectivity index is 2.40. The summed E-state index contributed by atoms with van der Waals surface area (Å²) in [6.07, 6.45) is 0.325. The molecule has 0 aliphatic heterocycles. The van der Waals surface area contributed by atoms with Gasteiger partial charge in [0.1, 0.15) is 11.6 Å². The van der Waals surface area contributed by atoms with E-state index in [9.17, 15) is 9.18 Å². The monoisotopic (exact) mass is 297 g/mol. The third kappa shape index (κ3) is 2.93. The number of alkyl halides is 1. The largest absolute Gasteiger partial charge is 0.349 e. The lowest BCUT2D eigenvalue weighted by atomic mass is 10.3. The molecule has 1 atom stereocenters. The topological polar surface area (TPSA) is 38.1 Å². The van der Waals surface area contributed by atoms with Crippen LogP contribution in [0.4, 0.5) is 4.39 Å². The minimum absolute atomic E-state index is 0.0106. The highest BCUT2D eigenvalue weighted by molar-refractivity contribution is 6.20. The van der Waals surface area contributed by atoms with E-state index in [1.54, 1.807) is 20.2 Å². The number of carbonyl (C=O) groups is 1. The fourth-order valence-electron chi connectivity index (χ4n) is 2.08. The third-order valence-corrected chi connectivity index (χ3v) is 3.34. The molecule has 0 fully saturated rings. The molecule has 0 aliphatic carbocycles. The molecule has 0 bridgehead atoms. The van der Waals surface area contributed by atoms with Crippen LogP contribution in [0, 0.1) is 5.82 Å². The Hall–Kier alpha value is -1.62. The van der Waals surface area contributed by atoms with Gasteiger partial charge in [0, 0.05) is 27.1 Å². The lowest BCUT2D eigenvalue weighted by Gasteiger charge is -2.13. The lowest BCUT2D eigenvalue weighted by Crippen LogP contribution is -2.23. The SMILES string of the molecule is CC(Cl)c1nc2ccc(F)cc2n1CCC(=O)N(C)C. The maximum atomic E-state index is 13.4. The Labute approximate surface area is 122 Å². The normalized spacial score (nSPS) is 12.7. The Morgan fingerprint density at radius 3 is 2.80 bits per heavy atom. The average Bonchev–Trinajstić information content (AvgIpc) is 2.73. The summed E-state index contributed by atoms with van der Waals surface area (Å²) in [4.78, 5) is 17.7. The van der Waals surface area contributed by atoms with Gasteiger partial charge in [0.2, 0.25) is 5.91 Å². The summed E-state index contributed by atoms with van der Waals surface area (Å²) < 4.78 is 15.2. The lowest BCUT2D eigenvalue weighted by molar-refractivity contribution is -0.128. The number of hydrogen-bond acceptors (Lipinski definition) is 2. The molecule has 20 heavy (non-hydrogen) atoms. The summed E-state index contributed by atoms with van der Waals surface area (Å²) in [5, 5.41) is -0.306. The fourth-order valence-corrected chi connectivity index (χ4v) is 2.25. The first kappa shape index (κ1) is 14.8. The summed E-state index contributed by atoms with van der Waals surface area (Å²) >= 11 is 6.12. The number of aryl methyl sites for hydroxylation is 1. The Bertz CT molecular complexity index is 637. The van der Waals surface area contributed by atoms with E-state index in [1.165, 1.54) is 17.0 Å². The molecule has 0 radical (unpaired) electrons. The van der Waals surface area contributed by atoms with E-state index in [4.69, 9.17) is 11.6 Å². The zero-order valence-corrected chi connectivity index (χ0v) is 12.5. The summed E-state index contributed by atoms with van der Waals surface area (Å²) in [5.41, 5.74) is 1.35. The molecule has 6 heteroatoms. The van der Waals surface area contributed by atoms with Gasteiger partial charge in [-0.05, 0) is 25.1 Å². The molecule has 2 aromatic rings. The zero-order valence-electron chi connectivity index (χ0n) is 11.7. The Morgan fingerprint density at radius 2 is 2.20 bits per heavy atom. The summed E-state index contributed by atoms with van der Waals surface area (Å²) in [5.74, 6) is 0.335.